The van der Waals surface area contributed by atoms with Gasteiger partial charge in [0, 0.05) is 12.1 Å². The smallest absolute Gasteiger partial charge is 0.00956 e. The van der Waals surface area contributed by atoms with Gasteiger partial charge in [0.2, 0.25) is 0 Å². The molecule has 0 saturated heterocycles. The van der Waals surface area contributed by atoms with Gasteiger partial charge in [-0.3, -0.25) is 0 Å². The first kappa shape index (κ1) is 27.0. The van der Waals surface area contributed by atoms with E-state index in [1.807, 2.05) is 0 Å². The van der Waals surface area contributed by atoms with Crippen LogP contribution in [0.1, 0.15) is 142 Å². The maximum absolute atomic E-state index is 6.73. The van der Waals surface area contributed by atoms with Gasteiger partial charge in [-0.25, -0.2) is 0 Å². The van der Waals surface area contributed by atoms with Crippen molar-refractivity contribution in [3.8, 4) is 0 Å². The summed E-state index contributed by atoms with van der Waals surface area (Å²) in [6.45, 7) is 4.78. The summed E-state index contributed by atoms with van der Waals surface area (Å²) < 4.78 is 0. The topological polar surface area (TPSA) is 52.0 Å². The van der Waals surface area contributed by atoms with E-state index in [9.17, 15) is 0 Å². The highest BCUT2D eigenvalue weighted by Gasteiger charge is 2.36. The van der Waals surface area contributed by atoms with Crippen LogP contribution in [0.25, 0.3) is 0 Å². The van der Waals surface area contributed by atoms with Crippen molar-refractivity contribution in [2.24, 2.45) is 58.8 Å². The van der Waals surface area contributed by atoms with Crippen LogP contribution in [-0.4, -0.2) is 12.1 Å². The third-order valence-electron chi connectivity index (χ3n) is 11.5. The summed E-state index contributed by atoms with van der Waals surface area (Å²) in [7, 11) is 0. The quantitative estimate of drug-likeness (QED) is 0.264. The first-order valence-corrected chi connectivity index (χ1v) is 16.0. The Kier molecular flexibility index (Phi) is 10.7. The Morgan fingerprint density at radius 1 is 0.588 bits per heavy atom. The molecule has 4 saturated carbocycles. The van der Waals surface area contributed by atoms with E-state index >= 15 is 0 Å². The molecule has 0 aliphatic heterocycles. The number of nitrogens with two attached hydrogens (primary N) is 2. The number of hydrogen-bond acceptors (Lipinski definition) is 2. The summed E-state index contributed by atoms with van der Waals surface area (Å²) in [5.74, 6) is 7.22. The minimum Gasteiger partial charge on any atom is -0.328 e. The average molecular weight is 473 g/mol. The minimum atomic E-state index is 0.398. The molecule has 4 rings (SSSR count). The van der Waals surface area contributed by atoms with Gasteiger partial charge >= 0.3 is 0 Å². The molecule has 0 heterocycles. The van der Waals surface area contributed by atoms with Gasteiger partial charge in [0.1, 0.15) is 0 Å². The van der Waals surface area contributed by atoms with E-state index in [2.05, 4.69) is 13.8 Å². The van der Waals surface area contributed by atoms with Gasteiger partial charge in [0.15, 0.2) is 0 Å². The largest absolute Gasteiger partial charge is 0.328 e. The van der Waals surface area contributed by atoms with E-state index < -0.39 is 0 Å². The van der Waals surface area contributed by atoms with Gasteiger partial charge in [-0.05, 0) is 99.2 Å². The van der Waals surface area contributed by atoms with Crippen LogP contribution in [0.5, 0.6) is 0 Å². The highest BCUT2D eigenvalue weighted by Crippen LogP contribution is 2.44. The number of unbranched alkanes of at least 4 members (excludes halogenated alkanes) is 2. The third kappa shape index (κ3) is 7.47. The average Bonchev–Trinajstić information content (AvgIpc) is 3.63. The molecule has 0 spiro atoms. The Bertz CT molecular complexity index is 561. The second-order valence-corrected chi connectivity index (χ2v) is 13.9. The molecule has 0 bridgehead atoms. The van der Waals surface area contributed by atoms with Crippen molar-refractivity contribution in [2.45, 2.75) is 154 Å². The maximum atomic E-state index is 6.73. The van der Waals surface area contributed by atoms with Crippen molar-refractivity contribution in [3.63, 3.8) is 0 Å². The van der Waals surface area contributed by atoms with Crippen LogP contribution in [0.2, 0.25) is 0 Å². The molecule has 4 aliphatic carbocycles. The van der Waals surface area contributed by atoms with E-state index in [1.165, 1.54) is 128 Å². The van der Waals surface area contributed by atoms with Crippen molar-refractivity contribution in [3.05, 3.63) is 0 Å². The summed E-state index contributed by atoms with van der Waals surface area (Å²) in [4.78, 5) is 0. The molecule has 0 aromatic heterocycles. The zero-order valence-electron chi connectivity index (χ0n) is 23.1. The molecular weight excluding hydrogens is 412 g/mol. The fourth-order valence-electron chi connectivity index (χ4n) is 9.21. The van der Waals surface area contributed by atoms with Gasteiger partial charge in [-0.2, -0.15) is 0 Å². The van der Waals surface area contributed by atoms with Gasteiger partial charge < -0.3 is 11.5 Å². The van der Waals surface area contributed by atoms with Crippen LogP contribution >= 0.6 is 0 Å². The Balaban J connectivity index is 1.07. The standard InChI is InChI=1S/C32H60N2/c1-23(32(34)28-14-8-9-15-28)29-18-16-26(20-29)10-4-3-5-11-27-17-19-30(21-27)31(24(2)33)22-25-12-6-7-13-25/h23-32H,3-22,33-34H2,1-2H3. The lowest BCUT2D eigenvalue weighted by molar-refractivity contribution is 0.231. The second kappa shape index (κ2) is 13.5. The first-order valence-electron chi connectivity index (χ1n) is 16.0. The number of rotatable bonds is 13. The van der Waals surface area contributed by atoms with Crippen LogP contribution in [0.4, 0.5) is 0 Å². The van der Waals surface area contributed by atoms with Crippen LogP contribution < -0.4 is 11.5 Å². The summed E-state index contributed by atoms with van der Waals surface area (Å²) in [6, 6.07) is 0.872. The molecule has 2 nitrogen and oxygen atoms in total. The monoisotopic (exact) mass is 472 g/mol. The van der Waals surface area contributed by atoms with Gasteiger partial charge in [0.05, 0.1) is 0 Å². The van der Waals surface area contributed by atoms with Crippen molar-refractivity contribution in [1.82, 2.24) is 0 Å². The molecule has 4 aliphatic rings. The third-order valence-corrected chi connectivity index (χ3v) is 11.5. The summed E-state index contributed by atoms with van der Waals surface area (Å²) in [5.41, 5.74) is 13.2. The summed E-state index contributed by atoms with van der Waals surface area (Å²) in [5, 5.41) is 0. The second-order valence-electron chi connectivity index (χ2n) is 13.9. The summed E-state index contributed by atoms with van der Waals surface area (Å²) in [6.07, 6.45) is 29.2. The Morgan fingerprint density at radius 3 is 1.76 bits per heavy atom. The molecule has 8 atom stereocenters. The predicted molar refractivity (Wildman–Crippen MR) is 148 cm³/mol. The Hall–Kier alpha value is -0.0800. The molecule has 4 N–H and O–H groups in total. The predicted octanol–water partition coefficient (Wildman–Crippen LogP) is 8.47. The molecule has 34 heavy (non-hydrogen) atoms. The van der Waals surface area contributed by atoms with E-state index in [4.69, 9.17) is 11.5 Å². The van der Waals surface area contributed by atoms with Crippen LogP contribution in [0.3, 0.4) is 0 Å². The zero-order chi connectivity index (χ0) is 23.9. The van der Waals surface area contributed by atoms with Crippen molar-refractivity contribution in [2.75, 3.05) is 0 Å². The van der Waals surface area contributed by atoms with Crippen molar-refractivity contribution in [1.29, 1.82) is 0 Å². The molecule has 198 valence electrons. The lowest BCUT2D eigenvalue weighted by Gasteiger charge is -2.30. The van der Waals surface area contributed by atoms with Gasteiger partial charge in [0.25, 0.3) is 0 Å². The first-order chi connectivity index (χ1) is 16.5. The van der Waals surface area contributed by atoms with Crippen LogP contribution in [0.15, 0.2) is 0 Å². The van der Waals surface area contributed by atoms with Crippen molar-refractivity contribution < 1.29 is 0 Å². The molecule has 4 fully saturated rings. The normalized spacial score (nSPS) is 34.6. The highest BCUT2D eigenvalue weighted by molar-refractivity contribution is 4.89. The Morgan fingerprint density at radius 2 is 1.15 bits per heavy atom. The van der Waals surface area contributed by atoms with E-state index in [0.29, 0.717) is 12.1 Å². The van der Waals surface area contributed by atoms with E-state index in [-0.39, 0.29) is 0 Å². The molecule has 0 amide bonds. The Labute approximate surface area is 213 Å². The van der Waals surface area contributed by atoms with E-state index in [1.54, 1.807) is 0 Å². The van der Waals surface area contributed by atoms with Gasteiger partial charge in [-0.1, -0.05) is 90.4 Å². The molecule has 0 aromatic rings. The molecule has 0 aromatic carbocycles. The lowest BCUT2D eigenvalue weighted by Crippen LogP contribution is -2.38. The fourth-order valence-corrected chi connectivity index (χ4v) is 9.21. The SMILES string of the molecule is CC(N)C(CC1CCCC1)C1CCC(CCCCCC2CCC(C(C)C(N)C3CCCC3)C2)C1. The minimum absolute atomic E-state index is 0.398. The maximum Gasteiger partial charge on any atom is 0.00956 e. The van der Waals surface area contributed by atoms with Crippen molar-refractivity contribution >= 4 is 0 Å². The van der Waals surface area contributed by atoms with E-state index in [0.717, 1.165) is 47.3 Å². The fraction of sp³-hybridized carbons (Fsp3) is 1.00. The molecular formula is C32H60N2. The molecule has 8 unspecified atom stereocenters. The molecule has 0 radical (unpaired) electrons. The number of hydrogen-bond donors (Lipinski definition) is 2. The van der Waals surface area contributed by atoms with Crippen LogP contribution in [-0.2, 0) is 0 Å². The lowest BCUT2D eigenvalue weighted by atomic mass is 9.78. The molecule has 2 heteroatoms. The van der Waals surface area contributed by atoms with Crippen LogP contribution in [0, 0.1) is 47.3 Å². The van der Waals surface area contributed by atoms with Gasteiger partial charge in [-0.15, -0.1) is 0 Å². The highest BCUT2D eigenvalue weighted by atomic mass is 14.7. The summed E-state index contributed by atoms with van der Waals surface area (Å²) >= 11 is 0. The zero-order valence-corrected chi connectivity index (χ0v) is 23.1.